The first-order chi connectivity index (χ1) is 12.5. The highest BCUT2D eigenvalue weighted by molar-refractivity contribution is 5.80. The van der Waals surface area contributed by atoms with Crippen LogP contribution in [0.5, 0.6) is 0 Å². The number of piperidine rings is 1. The van der Waals surface area contributed by atoms with Crippen molar-refractivity contribution in [1.29, 1.82) is 0 Å². The number of aliphatic hydroxyl groups is 1. The SMILES string of the molecule is CCNC(=NCC(O)c1ccc(F)cc1)N1CCC(C(=O)OCC)CC1. The van der Waals surface area contributed by atoms with Crippen molar-refractivity contribution >= 4 is 11.9 Å². The maximum Gasteiger partial charge on any atom is 0.309 e. The molecule has 1 atom stereocenters. The van der Waals surface area contributed by atoms with Gasteiger partial charge in [0, 0.05) is 19.6 Å². The van der Waals surface area contributed by atoms with Crippen LogP contribution in [0.4, 0.5) is 4.39 Å². The van der Waals surface area contributed by atoms with Gasteiger partial charge in [0.2, 0.25) is 0 Å². The van der Waals surface area contributed by atoms with Crippen LogP contribution in [0.2, 0.25) is 0 Å². The Balaban J connectivity index is 1.94. The van der Waals surface area contributed by atoms with Gasteiger partial charge < -0.3 is 20.1 Å². The Labute approximate surface area is 154 Å². The molecule has 6 nitrogen and oxygen atoms in total. The normalized spacial score (nSPS) is 17.1. The van der Waals surface area contributed by atoms with Crippen molar-refractivity contribution in [3.63, 3.8) is 0 Å². The van der Waals surface area contributed by atoms with E-state index in [9.17, 15) is 14.3 Å². The van der Waals surface area contributed by atoms with Gasteiger partial charge in [0.05, 0.1) is 25.2 Å². The number of nitrogens with one attached hydrogen (secondary N) is 1. The molecule has 1 fully saturated rings. The first-order valence-electron chi connectivity index (χ1n) is 9.18. The van der Waals surface area contributed by atoms with Crippen LogP contribution in [0.15, 0.2) is 29.3 Å². The molecule has 1 aromatic rings. The van der Waals surface area contributed by atoms with Crippen molar-refractivity contribution in [3.05, 3.63) is 35.6 Å². The van der Waals surface area contributed by atoms with E-state index in [1.54, 1.807) is 12.1 Å². The van der Waals surface area contributed by atoms with Crippen molar-refractivity contribution in [2.75, 3.05) is 32.8 Å². The topological polar surface area (TPSA) is 74.2 Å². The van der Waals surface area contributed by atoms with Gasteiger partial charge in [-0.2, -0.15) is 0 Å². The van der Waals surface area contributed by atoms with E-state index in [1.807, 2.05) is 13.8 Å². The summed E-state index contributed by atoms with van der Waals surface area (Å²) >= 11 is 0. The highest BCUT2D eigenvalue weighted by Crippen LogP contribution is 2.19. The van der Waals surface area contributed by atoms with E-state index in [1.165, 1.54) is 12.1 Å². The van der Waals surface area contributed by atoms with Gasteiger partial charge in [-0.15, -0.1) is 0 Å². The lowest BCUT2D eigenvalue weighted by Gasteiger charge is -2.33. The molecule has 1 aliphatic heterocycles. The molecule has 0 radical (unpaired) electrons. The number of halogens is 1. The van der Waals surface area contributed by atoms with Crippen LogP contribution in [-0.2, 0) is 9.53 Å². The van der Waals surface area contributed by atoms with Crippen LogP contribution < -0.4 is 5.32 Å². The minimum absolute atomic E-state index is 0.0566. The Bertz CT molecular complexity index is 599. The minimum atomic E-state index is -0.790. The van der Waals surface area contributed by atoms with Gasteiger partial charge in [-0.25, -0.2) is 4.39 Å². The zero-order valence-electron chi connectivity index (χ0n) is 15.4. The van der Waals surface area contributed by atoms with Crippen molar-refractivity contribution in [2.24, 2.45) is 10.9 Å². The number of carbonyl (C=O) groups is 1. The zero-order chi connectivity index (χ0) is 18.9. The molecule has 0 bridgehead atoms. The Morgan fingerprint density at radius 3 is 2.58 bits per heavy atom. The van der Waals surface area contributed by atoms with Gasteiger partial charge in [-0.05, 0) is 44.4 Å². The van der Waals surface area contributed by atoms with Crippen LogP contribution >= 0.6 is 0 Å². The van der Waals surface area contributed by atoms with E-state index in [2.05, 4.69) is 15.2 Å². The third-order valence-corrected chi connectivity index (χ3v) is 4.42. The predicted molar refractivity (Wildman–Crippen MR) is 98.3 cm³/mol. The second kappa shape index (κ2) is 10.1. The Kier molecular flexibility index (Phi) is 7.84. The van der Waals surface area contributed by atoms with Crippen LogP contribution in [0.1, 0.15) is 38.4 Å². The molecule has 2 N–H and O–H groups in total. The van der Waals surface area contributed by atoms with Crippen LogP contribution in [0, 0.1) is 11.7 Å². The molecule has 0 saturated carbocycles. The third kappa shape index (κ3) is 5.69. The molecular weight excluding hydrogens is 337 g/mol. The molecule has 0 aromatic heterocycles. The summed E-state index contributed by atoms with van der Waals surface area (Å²) < 4.78 is 18.1. The number of hydrogen-bond acceptors (Lipinski definition) is 4. The first kappa shape index (κ1) is 20.2. The lowest BCUT2D eigenvalue weighted by Crippen LogP contribution is -2.47. The van der Waals surface area contributed by atoms with E-state index in [-0.39, 0.29) is 24.2 Å². The molecule has 1 aliphatic rings. The number of ether oxygens (including phenoxy) is 1. The van der Waals surface area contributed by atoms with Crippen LogP contribution in [0.25, 0.3) is 0 Å². The summed E-state index contributed by atoms with van der Waals surface area (Å²) in [5, 5.41) is 13.5. The number of rotatable bonds is 6. The summed E-state index contributed by atoms with van der Waals surface area (Å²) in [5.74, 6) is 0.206. The van der Waals surface area contributed by atoms with E-state index in [0.717, 1.165) is 18.8 Å². The van der Waals surface area contributed by atoms with Crippen molar-refractivity contribution < 1.29 is 19.0 Å². The number of esters is 1. The number of aliphatic hydroxyl groups excluding tert-OH is 1. The fraction of sp³-hybridized carbons (Fsp3) is 0.579. The molecule has 1 aromatic carbocycles. The number of nitrogens with zero attached hydrogens (tertiary/aromatic N) is 2. The summed E-state index contributed by atoms with van der Waals surface area (Å²) in [6.45, 7) is 6.52. The molecule has 144 valence electrons. The van der Waals surface area contributed by atoms with Crippen molar-refractivity contribution in [2.45, 2.75) is 32.8 Å². The maximum atomic E-state index is 13.0. The van der Waals surface area contributed by atoms with Crippen molar-refractivity contribution in [1.82, 2.24) is 10.2 Å². The molecule has 7 heteroatoms. The van der Waals surface area contributed by atoms with Gasteiger partial charge in [-0.1, -0.05) is 12.1 Å². The van der Waals surface area contributed by atoms with Gasteiger partial charge in [0.15, 0.2) is 5.96 Å². The average Bonchev–Trinajstić information content (AvgIpc) is 2.66. The highest BCUT2D eigenvalue weighted by atomic mass is 19.1. The number of guanidine groups is 1. The fourth-order valence-corrected chi connectivity index (χ4v) is 2.98. The number of benzene rings is 1. The van der Waals surface area contributed by atoms with Gasteiger partial charge in [0.1, 0.15) is 5.82 Å². The zero-order valence-corrected chi connectivity index (χ0v) is 15.4. The number of hydrogen-bond donors (Lipinski definition) is 2. The van der Waals surface area contributed by atoms with E-state index < -0.39 is 6.10 Å². The molecule has 26 heavy (non-hydrogen) atoms. The number of carbonyl (C=O) groups excluding carboxylic acids is 1. The van der Waals surface area contributed by atoms with Crippen LogP contribution in [-0.4, -0.2) is 54.7 Å². The third-order valence-electron chi connectivity index (χ3n) is 4.42. The number of likely N-dealkylation sites (tertiary alicyclic amines) is 1. The van der Waals surface area contributed by atoms with Crippen LogP contribution in [0.3, 0.4) is 0 Å². The minimum Gasteiger partial charge on any atom is -0.466 e. The second-order valence-electron chi connectivity index (χ2n) is 6.28. The summed E-state index contributed by atoms with van der Waals surface area (Å²) in [7, 11) is 0. The quantitative estimate of drug-likeness (QED) is 0.459. The predicted octanol–water partition coefficient (Wildman–Crippen LogP) is 2.10. The van der Waals surface area contributed by atoms with E-state index in [0.29, 0.717) is 31.8 Å². The fourth-order valence-electron chi connectivity index (χ4n) is 2.98. The highest BCUT2D eigenvalue weighted by Gasteiger charge is 2.27. The van der Waals surface area contributed by atoms with Gasteiger partial charge in [0.25, 0.3) is 0 Å². The lowest BCUT2D eigenvalue weighted by atomic mass is 9.97. The van der Waals surface area contributed by atoms with E-state index in [4.69, 9.17) is 4.74 Å². The molecule has 1 unspecified atom stereocenters. The molecule has 2 rings (SSSR count). The smallest absolute Gasteiger partial charge is 0.309 e. The largest absolute Gasteiger partial charge is 0.466 e. The standard InChI is InChI=1S/C19H28FN3O3/c1-3-21-19(22-13-17(24)14-5-7-16(20)8-6-14)23-11-9-15(10-12-23)18(25)26-4-2/h5-8,15,17,24H,3-4,9-13H2,1-2H3,(H,21,22). The lowest BCUT2D eigenvalue weighted by molar-refractivity contribution is -0.149. The average molecular weight is 365 g/mol. The van der Waals surface area contributed by atoms with Crippen molar-refractivity contribution in [3.8, 4) is 0 Å². The summed E-state index contributed by atoms with van der Waals surface area (Å²) in [5.41, 5.74) is 0.631. The summed E-state index contributed by atoms with van der Waals surface area (Å²) in [6.07, 6.45) is 0.661. The Morgan fingerprint density at radius 1 is 1.35 bits per heavy atom. The molecule has 0 amide bonds. The number of aliphatic imine (C=N–C) groups is 1. The molecule has 1 saturated heterocycles. The molecule has 1 heterocycles. The molecule has 0 aliphatic carbocycles. The Hall–Kier alpha value is -2.15. The van der Waals surface area contributed by atoms with Gasteiger partial charge >= 0.3 is 5.97 Å². The maximum absolute atomic E-state index is 13.0. The van der Waals surface area contributed by atoms with Gasteiger partial charge in [-0.3, -0.25) is 9.79 Å². The first-order valence-corrected chi connectivity index (χ1v) is 9.18. The van der Waals surface area contributed by atoms with E-state index >= 15 is 0 Å². The summed E-state index contributed by atoms with van der Waals surface area (Å²) in [4.78, 5) is 18.5. The summed E-state index contributed by atoms with van der Waals surface area (Å²) in [6, 6.07) is 5.78. The second-order valence-corrected chi connectivity index (χ2v) is 6.28. The molecular formula is C19H28FN3O3. The molecule has 0 spiro atoms. The Morgan fingerprint density at radius 2 is 2.00 bits per heavy atom. The monoisotopic (exact) mass is 365 g/mol.